The fourth-order valence-corrected chi connectivity index (χ4v) is 2.29. The number of aliphatic hydroxyl groups is 1. The molecule has 100 valence electrons. The highest BCUT2D eigenvalue weighted by Gasteiger charge is 2.28. The molecule has 7 nitrogen and oxygen atoms in total. The van der Waals surface area contributed by atoms with Crippen LogP contribution < -0.4 is 0 Å². The highest BCUT2D eigenvalue weighted by Crippen LogP contribution is 2.36. The number of amides is 1. The van der Waals surface area contributed by atoms with Crippen LogP contribution in [0.15, 0.2) is 5.16 Å². The number of aromatic nitrogens is 4. The van der Waals surface area contributed by atoms with Crippen molar-refractivity contribution in [2.75, 3.05) is 19.4 Å². The van der Waals surface area contributed by atoms with Gasteiger partial charge in [0.1, 0.15) is 0 Å². The van der Waals surface area contributed by atoms with E-state index in [4.69, 9.17) is 5.11 Å². The molecule has 18 heavy (non-hydrogen) atoms. The van der Waals surface area contributed by atoms with Crippen molar-refractivity contribution in [3.05, 3.63) is 0 Å². The van der Waals surface area contributed by atoms with Gasteiger partial charge in [-0.1, -0.05) is 11.8 Å². The molecule has 0 bridgehead atoms. The third-order valence-corrected chi connectivity index (χ3v) is 3.92. The van der Waals surface area contributed by atoms with E-state index in [0.717, 1.165) is 12.8 Å². The molecule has 0 saturated heterocycles. The summed E-state index contributed by atoms with van der Waals surface area (Å²) in [5.41, 5.74) is 0. The summed E-state index contributed by atoms with van der Waals surface area (Å²) in [5, 5.41) is 21.2. The molecule has 1 unspecified atom stereocenters. The van der Waals surface area contributed by atoms with Gasteiger partial charge in [-0.25, -0.2) is 4.68 Å². The number of hydrogen-bond donors (Lipinski definition) is 1. The fourth-order valence-electron chi connectivity index (χ4n) is 1.43. The third kappa shape index (κ3) is 2.99. The molecule has 1 aromatic rings. The predicted octanol–water partition coefficient (Wildman–Crippen LogP) is -0.0607. The Morgan fingerprint density at radius 3 is 3.00 bits per heavy atom. The molecule has 1 N–H and O–H groups in total. The van der Waals surface area contributed by atoms with E-state index in [0.29, 0.717) is 11.2 Å². The Hall–Kier alpha value is -1.15. The lowest BCUT2D eigenvalue weighted by atomic mass is 10.3. The Balaban J connectivity index is 1.87. The maximum Gasteiger partial charge on any atom is 0.233 e. The van der Waals surface area contributed by atoms with Crippen LogP contribution in [-0.2, 0) is 4.79 Å². The second kappa shape index (κ2) is 5.66. The zero-order valence-electron chi connectivity index (χ0n) is 10.5. The maximum absolute atomic E-state index is 11.9. The second-order valence-corrected chi connectivity index (χ2v) is 5.40. The standard InChI is InChI=1S/C10H17N5O2S/c1-7(5-16)14(2)9(17)6-18-10-11-12-13-15(10)8-3-4-8/h7-8,16H,3-6H2,1-2H3. The Morgan fingerprint density at radius 2 is 2.39 bits per heavy atom. The molecule has 1 fully saturated rings. The molecule has 0 aliphatic heterocycles. The number of likely N-dealkylation sites (N-methyl/N-ethyl adjacent to an activating group) is 1. The lowest BCUT2D eigenvalue weighted by Crippen LogP contribution is -2.38. The van der Waals surface area contributed by atoms with Gasteiger partial charge in [0, 0.05) is 7.05 Å². The average molecular weight is 271 g/mol. The Labute approximate surface area is 110 Å². The summed E-state index contributed by atoms with van der Waals surface area (Å²) in [6.45, 7) is 1.77. The van der Waals surface area contributed by atoms with Gasteiger partial charge in [-0.15, -0.1) is 5.10 Å². The van der Waals surface area contributed by atoms with E-state index >= 15 is 0 Å². The predicted molar refractivity (Wildman–Crippen MR) is 66.1 cm³/mol. The van der Waals surface area contributed by atoms with Crippen molar-refractivity contribution >= 4 is 17.7 Å². The monoisotopic (exact) mass is 271 g/mol. The first-order chi connectivity index (χ1) is 8.63. The van der Waals surface area contributed by atoms with Crippen LogP contribution in [-0.4, -0.2) is 61.6 Å². The summed E-state index contributed by atoms with van der Waals surface area (Å²) >= 11 is 1.34. The van der Waals surface area contributed by atoms with Crippen LogP contribution >= 0.6 is 11.8 Å². The summed E-state index contributed by atoms with van der Waals surface area (Å²) < 4.78 is 1.79. The van der Waals surface area contributed by atoms with Crippen molar-refractivity contribution in [2.45, 2.75) is 37.0 Å². The first-order valence-electron chi connectivity index (χ1n) is 5.90. The molecule has 0 radical (unpaired) electrons. The Morgan fingerprint density at radius 1 is 1.67 bits per heavy atom. The number of hydrogen-bond acceptors (Lipinski definition) is 6. The van der Waals surface area contributed by atoms with Crippen molar-refractivity contribution in [1.82, 2.24) is 25.1 Å². The molecule has 0 spiro atoms. The normalized spacial score (nSPS) is 16.6. The van der Waals surface area contributed by atoms with Gasteiger partial charge in [-0.2, -0.15) is 0 Å². The van der Waals surface area contributed by atoms with E-state index in [1.807, 2.05) is 0 Å². The second-order valence-electron chi connectivity index (χ2n) is 4.46. The quantitative estimate of drug-likeness (QED) is 0.730. The SMILES string of the molecule is CC(CO)N(C)C(=O)CSc1nnnn1C1CC1. The number of tetrazole rings is 1. The molecule has 1 saturated carbocycles. The fraction of sp³-hybridized carbons (Fsp3) is 0.800. The Kier molecular flexibility index (Phi) is 4.18. The van der Waals surface area contributed by atoms with Gasteiger partial charge in [-0.05, 0) is 30.2 Å². The molecule has 1 aliphatic rings. The van der Waals surface area contributed by atoms with Crippen molar-refractivity contribution in [3.8, 4) is 0 Å². The largest absolute Gasteiger partial charge is 0.394 e. The smallest absolute Gasteiger partial charge is 0.233 e. The molecule has 1 amide bonds. The van der Waals surface area contributed by atoms with Crippen LogP contribution in [0.3, 0.4) is 0 Å². The van der Waals surface area contributed by atoms with E-state index in [1.165, 1.54) is 16.7 Å². The van der Waals surface area contributed by atoms with Crippen LogP contribution in [0.2, 0.25) is 0 Å². The van der Waals surface area contributed by atoms with Gasteiger partial charge in [0.25, 0.3) is 0 Å². The van der Waals surface area contributed by atoms with Gasteiger partial charge >= 0.3 is 0 Å². The van der Waals surface area contributed by atoms with Gasteiger partial charge in [0.15, 0.2) is 0 Å². The van der Waals surface area contributed by atoms with E-state index in [2.05, 4.69) is 15.5 Å². The number of rotatable bonds is 6. The molecule has 1 aromatic heterocycles. The van der Waals surface area contributed by atoms with Crippen molar-refractivity contribution in [1.29, 1.82) is 0 Å². The molecular weight excluding hydrogens is 254 g/mol. The number of thioether (sulfide) groups is 1. The molecule has 1 atom stereocenters. The zero-order valence-corrected chi connectivity index (χ0v) is 11.3. The summed E-state index contributed by atoms with van der Waals surface area (Å²) in [7, 11) is 1.69. The van der Waals surface area contributed by atoms with Crippen molar-refractivity contribution < 1.29 is 9.90 Å². The minimum Gasteiger partial charge on any atom is -0.394 e. The van der Waals surface area contributed by atoms with Gasteiger partial charge in [0.2, 0.25) is 11.1 Å². The van der Waals surface area contributed by atoms with Crippen molar-refractivity contribution in [3.63, 3.8) is 0 Å². The number of nitrogens with zero attached hydrogens (tertiary/aromatic N) is 5. The number of carbonyl (C=O) groups excluding carboxylic acids is 1. The third-order valence-electron chi connectivity index (χ3n) is 3.00. The molecule has 2 rings (SSSR count). The van der Waals surface area contributed by atoms with Crippen LogP contribution in [0.1, 0.15) is 25.8 Å². The average Bonchev–Trinajstić information content (AvgIpc) is 3.13. The summed E-state index contributed by atoms with van der Waals surface area (Å²) in [6, 6.07) is 0.240. The highest BCUT2D eigenvalue weighted by atomic mass is 32.2. The summed E-state index contributed by atoms with van der Waals surface area (Å²) in [4.78, 5) is 13.4. The molecule has 8 heteroatoms. The van der Waals surface area contributed by atoms with Crippen LogP contribution in [0.25, 0.3) is 0 Å². The van der Waals surface area contributed by atoms with E-state index in [1.54, 1.807) is 18.7 Å². The van der Waals surface area contributed by atoms with Crippen LogP contribution in [0.4, 0.5) is 0 Å². The first kappa shape index (κ1) is 13.3. The first-order valence-corrected chi connectivity index (χ1v) is 6.89. The lowest BCUT2D eigenvalue weighted by molar-refractivity contribution is -0.129. The van der Waals surface area contributed by atoms with E-state index in [-0.39, 0.29) is 24.3 Å². The zero-order chi connectivity index (χ0) is 13.1. The minimum atomic E-state index is -0.169. The van der Waals surface area contributed by atoms with E-state index < -0.39 is 0 Å². The van der Waals surface area contributed by atoms with Gasteiger partial charge in [-0.3, -0.25) is 4.79 Å². The van der Waals surface area contributed by atoms with Gasteiger partial charge in [0.05, 0.1) is 24.4 Å². The summed E-state index contributed by atoms with van der Waals surface area (Å²) in [5.74, 6) is 0.250. The number of aliphatic hydroxyl groups excluding tert-OH is 1. The molecule has 1 aliphatic carbocycles. The molecule has 1 heterocycles. The summed E-state index contributed by atoms with van der Waals surface area (Å²) in [6.07, 6.45) is 2.21. The van der Waals surface area contributed by atoms with Gasteiger partial charge < -0.3 is 10.0 Å². The minimum absolute atomic E-state index is 0.0350. The number of carbonyl (C=O) groups is 1. The van der Waals surface area contributed by atoms with Crippen LogP contribution in [0, 0.1) is 0 Å². The molecular formula is C10H17N5O2S. The highest BCUT2D eigenvalue weighted by molar-refractivity contribution is 7.99. The topological polar surface area (TPSA) is 84.1 Å². The lowest BCUT2D eigenvalue weighted by Gasteiger charge is -2.22. The Bertz CT molecular complexity index is 420. The maximum atomic E-state index is 11.9. The van der Waals surface area contributed by atoms with Crippen molar-refractivity contribution in [2.24, 2.45) is 0 Å². The molecule has 0 aromatic carbocycles. The van der Waals surface area contributed by atoms with E-state index in [9.17, 15) is 4.79 Å². The van der Waals surface area contributed by atoms with Crippen LogP contribution in [0.5, 0.6) is 0 Å².